The molecule has 2 amide bonds. The summed E-state index contributed by atoms with van der Waals surface area (Å²) in [7, 11) is 0. The molecule has 0 spiro atoms. The number of aromatic nitrogens is 1. The van der Waals surface area contributed by atoms with Crippen LogP contribution in [0.25, 0.3) is 6.08 Å². The summed E-state index contributed by atoms with van der Waals surface area (Å²) in [5.74, 6) is 0.163. The van der Waals surface area contributed by atoms with E-state index < -0.39 is 0 Å². The van der Waals surface area contributed by atoms with Crippen molar-refractivity contribution in [1.29, 1.82) is 0 Å². The number of thiocarbonyl (C=S) groups is 1. The predicted molar refractivity (Wildman–Crippen MR) is 110 cm³/mol. The van der Waals surface area contributed by atoms with Gasteiger partial charge in [-0.05, 0) is 42.8 Å². The second kappa shape index (κ2) is 8.79. The normalized spacial score (nSPS) is 15.3. The van der Waals surface area contributed by atoms with Crippen molar-refractivity contribution in [2.75, 3.05) is 18.5 Å². The SMILES string of the molecule is CCOc1ccc(/C=C2\SC(=S)N(CC(=O)Nc3cccnc3)C2=O)cc1. The first-order chi connectivity index (χ1) is 13.1. The molecule has 8 heteroatoms. The molecule has 0 atom stereocenters. The lowest BCUT2D eigenvalue weighted by Gasteiger charge is -2.14. The van der Waals surface area contributed by atoms with E-state index in [1.54, 1.807) is 24.4 Å². The fourth-order valence-corrected chi connectivity index (χ4v) is 3.65. The third-order valence-electron chi connectivity index (χ3n) is 3.61. The van der Waals surface area contributed by atoms with Crippen molar-refractivity contribution in [2.24, 2.45) is 0 Å². The summed E-state index contributed by atoms with van der Waals surface area (Å²) in [6.45, 7) is 2.38. The van der Waals surface area contributed by atoms with Crippen molar-refractivity contribution in [3.8, 4) is 5.75 Å². The minimum Gasteiger partial charge on any atom is -0.494 e. The van der Waals surface area contributed by atoms with Crippen molar-refractivity contribution >= 4 is 51.9 Å². The van der Waals surface area contributed by atoms with Gasteiger partial charge in [0, 0.05) is 6.20 Å². The number of hydrogen-bond donors (Lipinski definition) is 1. The molecule has 1 N–H and O–H groups in total. The summed E-state index contributed by atoms with van der Waals surface area (Å²) in [6, 6.07) is 10.9. The smallest absolute Gasteiger partial charge is 0.266 e. The van der Waals surface area contributed by atoms with Crippen LogP contribution in [-0.2, 0) is 9.59 Å². The van der Waals surface area contributed by atoms with E-state index >= 15 is 0 Å². The lowest BCUT2D eigenvalue weighted by Crippen LogP contribution is -2.36. The monoisotopic (exact) mass is 399 g/mol. The number of carbonyl (C=O) groups is 2. The van der Waals surface area contributed by atoms with Gasteiger partial charge in [-0.3, -0.25) is 19.5 Å². The van der Waals surface area contributed by atoms with E-state index in [4.69, 9.17) is 17.0 Å². The van der Waals surface area contributed by atoms with Crippen LogP contribution in [0, 0.1) is 0 Å². The van der Waals surface area contributed by atoms with E-state index in [1.165, 1.54) is 22.9 Å². The maximum atomic E-state index is 12.6. The van der Waals surface area contributed by atoms with Crippen molar-refractivity contribution in [1.82, 2.24) is 9.88 Å². The maximum Gasteiger partial charge on any atom is 0.266 e. The zero-order chi connectivity index (χ0) is 19.2. The Labute approximate surface area is 166 Å². The number of thioether (sulfide) groups is 1. The van der Waals surface area contributed by atoms with E-state index in [1.807, 2.05) is 31.2 Å². The minimum atomic E-state index is -0.332. The van der Waals surface area contributed by atoms with Gasteiger partial charge in [-0.25, -0.2) is 0 Å². The molecular formula is C19H17N3O3S2. The molecule has 1 fully saturated rings. The highest BCUT2D eigenvalue weighted by atomic mass is 32.2. The van der Waals surface area contributed by atoms with Gasteiger partial charge in [0.1, 0.15) is 16.6 Å². The molecule has 0 bridgehead atoms. The average Bonchev–Trinajstić information content (AvgIpc) is 2.92. The van der Waals surface area contributed by atoms with Crippen LogP contribution in [0.3, 0.4) is 0 Å². The van der Waals surface area contributed by atoms with Gasteiger partial charge < -0.3 is 10.1 Å². The Hall–Kier alpha value is -2.71. The van der Waals surface area contributed by atoms with Gasteiger partial charge in [0.15, 0.2) is 0 Å². The topological polar surface area (TPSA) is 71.5 Å². The van der Waals surface area contributed by atoms with Gasteiger partial charge >= 0.3 is 0 Å². The molecule has 0 radical (unpaired) electrons. The lowest BCUT2D eigenvalue weighted by atomic mass is 10.2. The lowest BCUT2D eigenvalue weighted by molar-refractivity contribution is -0.126. The zero-order valence-electron chi connectivity index (χ0n) is 14.5. The Morgan fingerprint density at radius 1 is 1.33 bits per heavy atom. The highest BCUT2D eigenvalue weighted by molar-refractivity contribution is 8.26. The first-order valence-electron chi connectivity index (χ1n) is 8.25. The third kappa shape index (κ3) is 4.93. The van der Waals surface area contributed by atoms with Crippen LogP contribution < -0.4 is 10.1 Å². The van der Waals surface area contributed by atoms with Crippen LogP contribution in [0.5, 0.6) is 5.75 Å². The van der Waals surface area contributed by atoms with Crippen LogP contribution in [-0.4, -0.2) is 39.2 Å². The standard InChI is InChI=1S/C19H17N3O3S2/c1-2-25-15-7-5-13(6-8-15)10-16-18(24)22(19(26)27-16)12-17(23)21-14-4-3-9-20-11-14/h3-11H,2,12H2,1H3,(H,21,23)/b16-10-. The molecule has 138 valence electrons. The number of amides is 2. The first kappa shape index (κ1) is 19.1. The first-order valence-corrected chi connectivity index (χ1v) is 9.47. The molecule has 6 nitrogen and oxygen atoms in total. The number of pyridine rings is 1. The summed E-state index contributed by atoms with van der Waals surface area (Å²) in [4.78, 5) is 30.5. The second-order valence-electron chi connectivity index (χ2n) is 5.56. The van der Waals surface area contributed by atoms with E-state index in [2.05, 4.69) is 10.3 Å². The van der Waals surface area contributed by atoms with Crippen molar-refractivity contribution in [3.05, 3.63) is 59.3 Å². The van der Waals surface area contributed by atoms with Gasteiger partial charge in [-0.1, -0.05) is 36.1 Å². The number of carbonyl (C=O) groups excluding carboxylic acids is 2. The Morgan fingerprint density at radius 2 is 2.11 bits per heavy atom. The summed E-state index contributed by atoms with van der Waals surface area (Å²) in [5.41, 5.74) is 1.43. The molecule has 1 aliphatic heterocycles. The van der Waals surface area contributed by atoms with Crippen LogP contribution in [0.2, 0.25) is 0 Å². The molecule has 3 rings (SSSR count). The molecule has 1 aliphatic rings. The molecule has 2 heterocycles. The summed E-state index contributed by atoms with van der Waals surface area (Å²) >= 11 is 6.45. The number of hydrogen-bond acceptors (Lipinski definition) is 6. The Bertz CT molecular complexity index is 883. The largest absolute Gasteiger partial charge is 0.494 e. The number of anilines is 1. The van der Waals surface area contributed by atoms with E-state index in [0.29, 0.717) is 21.5 Å². The number of rotatable bonds is 6. The summed E-state index contributed by atoms with van der Waals surface area (Å²) in [6.07, 6.45) is 4.91. The summed E-state index contributed by atoms with van der Waals surface area (Å²) in [5, 5.41) is 2.70. The predicted octanol–water partition coefficient (Wildman–Crippen LogP) is 3.32. The molecule has 2 aromatic rings. The fraction of sp³-hybridized carbons (Fsp3) is 0.158. The third-order valence-corrected chi connectivity index (χ3v) is 4.99. The summed E-state index contributed by atoms with van der Waals surface area (Å²) < 4.78 is 5.77. The van der Waals surface area contributed by atoms with Crippen LogP contribution in [0.15, 0.2) is 53.7 Å². The van der Waals surface area contributed by atoms with Crippen molar-refractivity contribution < 1.29 is 14.3 Å². The number of nitrogens with one attached hydrogen (secondary N) is 1. The number of ether oxygens (including phenoxy) is 1. The van der Waals surface area contributed by atoms with Crippen molar-refractivity contribution in [3.63, 3.8) is 0 Å². The maximum absolute atomic E-state index is 12.6. The highest BCUT2D eigenvalue weighted by Crippen LogP contribution is 2.32. The van der Waals surface area contributed by atoms with E-state index in [9.17, 15) is 9.59 Å². The molecule has 27 heavy (non-hydrogen) atoms. The molecule has 0 unspecified atom stereocenters. The van der Waals surface area contributed by atoms with Gasteiger partial charge in [0.05, 0.1) is 23.4 Å². The molecule has 0 aliphatic carbocycles. The number of nitrogens with zero attached hydrogens (tertiary/aromatic N) is 2. The fourth-order valence-electron chi connectivity index (χ4n) is 2.40. The quantitative estimate of drug-likeness (QED) is 0.594. The van der Waals surface area contributed by atoms with Gasteiger partial charge in [0.25, 0.3) is 5.91 Å². The highest BCUT2D eigenvalue weighted by Gasteiger charge is 2.33. The van der Waals surface area contributed by atoms with Crippen molar-refractivity contribution in [2.45, 2.75) is 6.92 Å². The molecule has 1 saturated heterocycles. The zero-order valence-corrected chi connectivity index (χ0v) is 16.2. The van der Waals surface area contributed by atoms with Crippen LogP contribution in [0.4, 0.5) is 5.69 Å². The average molecular weight is 399 g/mol. The molecule has 1 aromatic heterocycles. The minimum absolute atomic E-state index is 0.139. The Balaban J connectivity index is 1.66. The van der Waals surface area contributed by atoms with Crippen LogP contribution in [0.1, 0.15) is 12.5 Å². The molecule has 0 saturated carbocycles. The van der Waals surface area contributed by atoms with Crippen LogP contribution >= 0.6 is 24.0 Å². The Morgan fingerprint density at radius 3 is 2.78 bits per heavy atom. The second-order valence-corrected chi connectivity index (χ2v) is 7.24. The van der Waals surface area contributed by atoms with Gasteiger partial charge in [0.2, 0.25) is 5.91 Å². The Kier molecular flexibility index (Phi) is 6.20. The van der Waals surface area contributed by atoms with Gasteiger partial charge in [-0.2, -0.15) is 0 Å². The number of benzene rings is 1. The molecular weight excluding hydrogens is 382 g/mol. The van der Waals surface area contributed by atoms with E-state index in [-0.39, 0.29) is 18.4 Å². The van der Waals surface area contributed by atoms with E-state index in [0.717, 1.165) is 11.3 Å². The van der Waals surface area contributed by atoms with Gasteiger partial charge in [-0.15, -0.1) is 0 Å². The molecule has 1 aromatic carbocycles.